The molecule has 0 bridgehead atoms. The summed E-state index contributed by atoms with van der Waals surface area (Å²) in [5.41, 5.74) is 0.997. The second-order valence-electron chi connectivity index (χ2n) is 6.14. The molecular formula is C22H22NO2P. The van der Waals surface area contributed by atoms with Gasteiger partial charge in [0.1, 0.15) is 0 Å². The van der Waals surface area contributed by atoms with Crippen LogP contribution in [0, 0.1) is 0 Å². The van der Waals surface area contributed by atoms with Gasteiger partial charge >= 0.3 is 0 Å². The molecule has 1 N–H and O–H groups in total. The van der Waals surface area contributed by atoms with E-state index in [-0.39, 0.29) is 5.91 Å². The van der Waals surface area contributed by atoms with Crippen molar-refractivity contribution in [1.29, 1.82) is 0 Å². The molecular weight excluding hydrogens is 341 g/mol. The number of carbonyl (C=O) groups excluding carboxylic acids is 1. The molecule has 3 rings (SSSR count). The third kappa shape index (κ3) is 3.79. The molecule has 3 aromatic rings. The van der Waals surface area contributed by atoms with Gasteiger partial charge in [-0.15, -0.1) is 0 Å². The molecule has 0 spiro atoms. The van der Waals surface area contributed by atoms with Gasteiger partial charge in [-0.05, 0) is 12.0 Å². The Morgan fingerprint density at radius 2 is 1.31 bits per heavy atom. The van der Waals surface area contributed by atoms with Crippen LogP contribution in [-0.2, 0) is 15.8 Å². The molecule has 0 aliphatic heterocycles. The molecule has 26 heavy (non-hydrogen) atoms. The highest BCUT2D eigenvalue weighted by Crippen LogP contribution is 2.43. The van der Waals surface area contributed by atoms with Crippen LogP contribution in [0.5, 0.6) is 0 Å². The maximum atomic E-state index is 14.4. The zero-order valence-electron chi connectivity index (χ0n) is 14.8. The van der Waals surface area contributed by atoms with E-state index in [2.05, 4.69) is 5.32 Å². The Hall–Kier alpha value is -2.64. The minimum atomic E-state index is -2.99. The van der Waals surface area contributed by atoms with Crippen LogP contribution in [0.25, 0.3) is 0 Å². The topological polar surface area (TPSA) is 46.2 Å². The van der Waals surface area contributed by atoms with Gasteiger partial charge in [-0.1, -0.05) is 84.9 Å². The maximum absolute atomic E-state index is 14.4. The molecule has 1 amide bonds. The van der Waals surface area contributed by atoms with Crippen LogP contribution in [0.2, 0.25) is 0 Å². The molecule has 0 heterocycles. The van der Waals surface area contributed by atoms with Crippen LogP contribution in [0.15, 0.2) is 84.9 Å². The van der Waals surface area contributed by atoms with E-state index < -0.39 is 7.14 Å². The summed E-state index contributed by atoms with van der Waals surface area (Å²) < 4.78 is 14.4. The number of carbonyl (C=O) groups is 1. The maximum Gasteiger partial charge on any atom is 0.216 e. The van der Waals surface area contributed by atoms with E-state index in [1.54, 1.807) is 0 Å². The Morgan fingerprint density at radius 3 is 1.85 bits per heavy atom. The first-order valence-corrected chi connectivity index (χ1v) is 10.4. The van der Waals surface area contributed by atoms with E-state index >= 15 is 0 Å². The van der Waals surface area contributed by atoms with Gasteiger partial charge in [0.25, 0.3) is 0 Å². The second kappa shape index (κ2) is 8.16. The Labute approximate surface area is 154 Å². The molecule has 0 aliphatic carbocycles. The standard InChI is InChI=1S/C22H22NO2P/c1-18(24)23-17-16-19-10-8-9-15-22(19)26(25,20-11-4-2-5-12-20)21-13-6-3-7-14-21/h2-15H,16-17H2,1H3,(H,23,24). The summed E-state index contributed by atoms with van der Waals surface area (Å²) >= 11 is 0. The summed E-state index contributed by atoms with van der Waals surface area (Å²) in [6, 6.07) is 27.1. The summed E-state index contributed by atoms with van der Waals surface area (Å²) in [5, 5.41) is 5.29. The first-order chi connectivity index (χ1) is 12.6. The average molecular weight is 363 g/mol. The van der Waals surface area contributed by atoms with E-state index in [4.69, 9.17) is 0 Å². The first kappa shape index (κ1) is 18.2. The van der Waals surface area contributed by atoms with Gasteiger partial charge in [0, 0.05) is 29.4 Å². The predicted molar refractivity (Wildman–Crippen MR) is 108 cm³/mol. The number of nitrogens with one attached hydrogen (secondary N) is 1. The zero-order valence-corrected chi connectivity index (χ0v) is 15.7. The molecule has 3 aromatic carbocycles. The van der Waals surface area contributed by atoms with Crippen molar-refractivity contribution in [3.05, 3.63) is 90.5 Å². The van der Waals surface area contributed by atoms with E-state index in [0.29, 0.717) is 13.0 Å². The third-order valence-corrected chi connectivity index (χ3v) is 7.50. The van der Waals surface area contributed by atoms with Crippen LogP contribution in [0.4, 0.5) is 0 Å². The molecule has 0 saturated carbocycles. The summed E-state index contributed by atoms with van der Waals surface area (Å²) in [5.74, 6) is -0.0585. The average Bonchev–Trinajstić information content (AvgIpc) is 2.69. The van der Waals surface area contributed by atoms with Crippen LogP contribution in [0.3, 0.4) is 0 Å². The first-order valence-electron chi connectivity index (χ1n) is 8.66. The lowest BCUT2D eigenvalue weighted by atomic mass is 10.1. The van der Waals surface area contributed by atoms with Gasteiger partial charge in [0.2, 0.25) is 5.91 Å². The number of amides is 1. The third-order valence-electron chi connectivity index (χ3n) is 4.34. The van der Waals surface area contributed by atoms with Gasteiger partial charge in [-0.2, -0.15) is 0 Å². The highest BCUT2D eigenvalue weighted by atomic mass is 31.2. The fraction of sp³-hybridized carbons (Fsp3) is 0.136. The number of rotatable bonds is 6. The number of hydrogen-bond acceptors (Lipinski definition) is 2. The molecule has 0 radical (unpaired) electrons. The molecule has 3 nitrogen and oxygen atoms in total. The zero-order chi connectivity index (χ0) is 18.4. The van der Waals surface area contributed by atoms with Crippen molar-refractivity contribution >= 4 is 29.0 Å². The Bertz CT molecular complexity index is 880. The molecule has 4 heteroatoms. The second-order valence-corrected chi connectivity index (χ2v) is 8.88. The van der Waals surface area contributed by atoms with E-state index in [1.165, 1.54) is 6.92 Å². The lowest BCUT2D eigenvalue weighted by molar-refractivity contribution is -0.118. The van der Waals surface area contributed by atoms with Crippen molar-refractivity contribution in [2.24, 2.45) is 0 Å². The van der Waals surface area contributed by atoms with Crippen molar-refractivity contribution in [3.63, 3.8) is 0 Å². The lowest BCUT2D eigenvalue weighted by Crippen LogP contribution is -2.29. The van der Waals surface area contributed by atoms with Crippen molar-refractivity contribution < 1.29 is 9.36 Å². The Kier molecular flexibility index (Phi) is 5.70. The van der Waals surface area contributed by atoms with Gasteiger partial charge in [-0.3, -0.25) is 4.79 Å². The van der Waals surface area contributed by atoms with Crippen LogP contribution < -0.4 is 21.2 Å². The smallest absolute Gasteiger partial charge is 0.216 e. The van der Waals surface area contributed by atoms with Gasteiger partial charge in [0.05, 0.1) is 0 Å². The fourth-order valence-corrected chi connectivity index (χ4v) is 6.03. The predicted octanol–water partition coefficient (Wildman–Crippen LogP) is 3.00. The van der Waals surface area contributed by atoms with Crippen molar-refractivity contribution in [2.45, 2.75) is 13.3 Å². The normalized spacial score (nSPS) is 11.1. The largest absolute Gasteiger partial charge is 0.356 e. The van der Waals surface area contributed by atoms with E-state index in [0.717, 1.165) is 21.5 Å². The highest BCUT2D eigenvalue weighted by Gasteiger charge is 2.31. The van der Waals surface area contributed by atoms with Gasteiger partial charge in [-0.25, -0.2) is 0 Å². The number of hydrogen-bond donors (Lipinski definition) is 1. The SMILES string of the molecule is CC(=O)NCCc1ccccc1P(=O)(c1ccccc1)c1ccccc1. The molecule has 0 saturated heterocycles. The summed E-state index contributed by atoms with van der Waals surface area (Å²) in [7, 11) is -2.99. The molecule has 0 fully saturated rings. The highest BCUT2D eigenvalue weighted by molar-refractivity contribution is 7.85. The summed E-state index contributed by atoms with van der Waals surface area (Å²) in [4.78, 5) is 11.2. The Morgan fingerprint density at radius 1 is 0.808 bits per heavy atom. The van der Waals surface area contributed by atoms with Crippen LogP contribution >= 0.6 is 7.14 Å². The van der Waals surface area contributed by atoms with E-state index in [1.807, 2.05) is 84.9 Å². The summed E-state index contributed by atoms with van der Waals surface area (Å²) in [6.45, 7) is 2.03. The molecule has 132 valence electrons. The summed E-state index contributed by atoms with van der Waals surface area (Å²) in [6.07, 6.45) is 0.638. The number of benzene rings is 3. The van der Waals surface area contributed by atoms with Crippen LogP contribution in [0.1, 0.15) is 12.5 Å². The van der Waals surface area contributed by atoms with Gasteiger partial charge in [0.15, 0.2) is 7.14 Å². The molecule has 0 atom stereocenters. The Balaban J connectivity index is 2.13. The van der Waals surface area contributed by atoms with Crippen molar-refractivity contribution in [3.8, 4) is 0 Å². The fourth-order valence-electron chi connectivity index (χ4n) is 3.11. The monoisotopic (exact) mass is 363 g/mol. The van der Waals surface area contributed by atoms with Crippen molar-refractivity contribution in [2.75, 3.05) is 6.54 Å². The van der Waals surface area contributed by atoms with E-state index in [9.17, 15) is 9.36 Å². The van der Waals surface area contributed by atoms with Crippen molar-refractivity contribution in [1.82, 2.24) is 5.32 Å². The quantitative estimate of drug-likeness (QED) is 0.685. The minimum Gasteiger partial charge on any atom is -0.356 e. The van der Waals surface area contributed by atoms with Gasteiger partial charge < -0.3 is 9.88 Å². The molecule has 0 aromatic heterocycles. The minimum absolute atomic E-state index is 0.0585. The lowest BCUT2D eigenvalue weighted by Gasteiger charge is -2.22. The molecule has 0 unspecified atom stereocenters. The molecule has 0 aliphatic rings. The van der Waals surface area contributed by atoms with Crippen LogP contribution in [-0.4, -0.2) is 12.5 Å².